The first-order valence-electron chi connectivity index (χ1n) is 7.23. The molecule has 1 heterocycles. The van der Waals surface area contributed by atoms with E-state index in [9.17, 15) is 4.79 Å². The first-order valence-corrected chi connectivity index (χ1v) is 7.23. The van der Waals surface area contributed by atoms with Crippen molar-refractivity contribution < 1.29 is 4.79 Å². The van der Waals surface area contributed by atoms with Crippen LogP contribution in [-0.2, 0) is 0 Å². The highest BCUT2D eigenvalue weighted by atomic mass is 16.1. The van der Waals surface area contributed by atoms with Gasteiger partial charge in [-0.25, -0.2) is 4.98 Å². The first-order chi connectivity index (χ1) is 9.13. The molecule has 2 bridgehead atoms. The second kappa shape index (κ2) is 4.91. The monoisotopic (exact) mass is 259 g/mol. The molecular formula is C15H21N3O. The number of aromatic nitrogens is 2. The molecule has 4 atom stereocenters. The molecule has 2 aliphatic rings. The van der Waals surface area contributed by atoms with E-state index in [0.29, 0.717) is 11.6 Å². The first kappa shape index (κ1) is 12.6. The maximum Gasteiger partial charge on any atom is 0.271 e. The van der Waals surface area contributed by atoms with Crippen LogP contribution in [0.4, 0.5) is 0 Å². The summed E-state index contributed by atoms with van der Waals surface area (Å²) in [5, 5.41) is 3.10. The summed E-state index contributed by atoms with van der Waals surface area (Å²) in [7, 11) is 0. The molecule has 19 heavy (non-hydrogen) atoms. The topological polar surface area (TPSA) is 54.9 Å². The third-order valence-corrected chi connectivity index (χ3v) is 4.81. The highest BCUT2D eigenvalue weighted by Gasteiger charge is 2.42. The molecule has 4 nitrogen and oxygen atoms in total. The van der Waals surface area contributed by atoms with Crippen LogP contribution in [0.2, 0.25) is 0 Å². The molecule has 2 aliphatic carbocycles. The number of nitrogens with zero attached hydrogens (tertiary/aromatic N) is 2. The van der Waals surface area contributed by atoms with Gasteiger partial charge in [0.15, 0.2) is 0 Å². The highest BCUT2D eigenvalue weighted by molar-refractivity contribution is 5.92. The zero-order valence-electron chi connectivity index (χ0n) is 11.6. The molecule has 0 aliphatic heterocycles. The number of hydrogen-bond acceptors (Lipinski definition) is 3. The number of rotatable bonds is 3. The second-order valence-corrected chi connectivity index (χ2v) is 6.14. The largest absolute Gasteiger partial charge is 0.348 e. The lowest BCUT2D eigenvalue weighted by atomic mass is 9.84. The fourth-order valence-electron chi connectivity index (χ4n) is 3.80. The SMILES string of the molecule is Cc1cnc(C(=O)N[C@H](C)[C@H]2C[C@@H]3CC[C@H]2C3)cn1. The fraction of sp³-hybridized carbons (Fsp3) is 0.667. The molecule has 0 radical (unpaired) electrons. The lowest BCUT2D eigenvalue weighted by Crippen LogP contribution is -2.40. The number of aryl methyl sites for hydroxylation is 1. The molecule has 0 saturated heterocycles. The van der Waals surface area contributed by atoms with E-state index in [-0.39, 0.29) is 11.9 Å². The molecule has 3 rings (SSSR count). The number of hydrogen-bond donors (Lipinski definition) is 1. The van der Waals surface area contributed by atoms with Gasteiger partial charge in [0.1, 0.15) is 5.69 Å². The molecule has 2 saturated carbocycles. The zero-order chi connectivity index (χ0) is 13.4. The lowest BCUT2D eigenvalue weighted by Gasteiger charge is -2.28. The zero-order valence-corrected chi connectivity index (χ0v) is 11.6. The number of amides is 1. The summed E-state index contributed by atoms with van der Waals surface area (Å²) < 4.78 is 0. The summed E-state index contributed by atoms with van der Waals surface area (Å²) in [6.07, 6.45) is 8.58. The summed E-state index contributed by atoms with van der Waals surface area (Å²) in [5.74, 6) is 2.29. The van der Waals surface area contributed by atoms with Crippen molar-refractivity contribution in [1.29, 1.82) is 0 Å². The molecule has 0 spiro atoms. The van der Waals surface area contributed by atoms with Crippen LogP contribution in [0.3, 0.4) is 0 Å². The summed E-state index contributed by atoms with van der Waals surface area (Å²) in [4.78, 5) is 20.4. The van der Waals surface area contributed by atoms with Crippen molar-refractivity contribution in [2.24, 2.45) is 17.8 Å². The van der Waals surface area contributed by atoms with Gasteiger partial charge in [-0.05, 0) is 50.9 Å². The van der Waals surface area contributed by atoms with Crippen molar-refractivity contribution in [2.45, 2.75) is 45.6 Å². The van der Waals surface area contributed by atoms with Crippen LogP contribution in [0, 0.1) is 24.7 Å². The molecule has 1 aromatic heterocycles. The lowest BCUT2D eigenvalue weighted by molar-refractivity contribution is 0.0910. The van der Waals surface area contributed by atoms with E-state index >= 15 is 0 Å². The van der Waals surface area contributed by atoms with E-state index in [1.165, 1.54) is 25.7 Å². The predicted molar refractivity (Wildman–Crippen MR) is 72.6 cm³/mol. The maximum absolute atomic E-state index is 12.1. The third-order valence-electron chi connectivity index (χ3n) is 4.81. The van der Waals surface area contributed by atoms with E-state index in [1.807, 2.05) is 6.92 Å². The Morgan fingerprint density at radius 3 is 2.74 bits per heavy atom. The van der Waals surface area contributed by atoms with Gasteiger partial charge in [0.25, 0.3) is 5.91 Å². The van der Waals surface area contributed by atoms with Gasteiger partial charge >= 0.3 is 0 Å². The van der Waals surface area contributed by atoms with Crippen molar-refractivity contribution in [2.75, 3.05) is 0 Å². The average molecular weight is 259 g/mol. The minimum Gasteiger partial charge on any atom is -0.348 e. The Morgan fingerprint density at radius 1 is 1.32 bits per heavy atom. The quantitative estimate of drug-likeness (QED) is 0.906. The van der Waals surface area contributed by atoms with E-state index in [4.69, 9.17) is 0 Å². The van der Waals surface area contributed by atoms with Crippen molar-refractivity contribution >= 4 is 5.91 Å². The van der Waals surface area contributed by atoms with Crippen LogP contribution in [0.1, 0.15) is 48.8 Å². The Morgan fingerprint density at radius 2 is 2.16 bits per heavy atom. The Hall–Kier alpha value is -1.45. The van der Waals surface area contributed by atoms with Crippen molar-refractivity contribution in [3.8, 4) is 0 Å². The van der Waals surface area contributed by atoms with Gasteiger partial charge in [0, 0.05) is 12.2 Å². The maximum atomic E-state index is 12.1. The Labute approximate surface area is 114 Å². The Balaban J connectivity index is 1.61. The number of carbonyl (C=O) groups excluding carboxylic acids is 1. The van der Waals surface area contributed by atoms with E-state index in [2.05, 4.69) is 22.2 Å². The van der Waals surface area contributed by atoms with Gasteiger partial charge < -0.3 is 5.32 Å². The third kappa shape index (κ3) is 2.48. The fourth-order valence-corrected chi connectivity index (χ4v) is 3.80. The number of nitrogens with one attached hydrogen (secondary N) is 1. The van der Waals surface area contributed by atoms with E-state index < -0.39 is 0 Å². The van der Waals surface area contributed by atoms with Gasteiger partial charge in [-0.15, -0.1) is 0 Å². The van der Waals surface area contributed by atoms with Crippen LogP contribution in [0.5, 0.6) is 0 Å². The van der Waals surface area contributed by atoms with Gasteiger partial charge in [0.2, 0.25) is 0 Å². The van der Waals surface area contributed by atoms with E-state index in [1.54, 1.807) is 12.4 Å². The summed E-state index contributed by atoms with van der Waals surface area (Å²) in [6, 6.07) is 0.242. The molecule has 1 amide bonds. The summed E-state index contributed by atoms with van der Waals surface area (Å²) in [5.41, 5.74) is 1.25. The molecule has 102 valence electrons. The molecule has 1 aromatic rings. The number of fused-ring (bicyclic) bond motifs is 2. The summed E-state index contributed by atoms with van der Waals surface area (Å²) >= 11 is 0. The van der Waals surface area contributed by atoms with Crippen molar-refractivity contribution in [3.63, 3.8) is 0 Å². The molecule has 1 N–H and O–H groups in total. The van der Waals surface area contributed by atoms with Gasteiger partial charge in [-0.3, -0.25) is 9.78 Å². The van der Waals surface area contributed by atoms with Crippen LogP contribution < -0.4 is 5.32 Å². The molecular weight excluding hydrogens is 238 g/mol. The minimum atomic E-state index is -0.0947. The smallest absolute Gasteiger partial charge is 0.271 e. The predicted octanol–water partition coefficient (Wildman–Crippen LogP) is 2.34. The van der Waals surface area contributed by atoms with Crippen LogP contribution in [0.15, 0.2) is 12.4 Å². The highest BCUT2D eigenvalue weighted by Crippen LogP contribution is 2.49. The molecule has 0 aromatic carbocycles. The van der Waals surface area contributed by atoms with Gasteiger partial charge in [0.05, 0.1) is 11.9 Å². The Bertz CT molecular complexity index is 471. The Kier molecular flexibility index (Phi) is 3.25. The second-order valence-electron chi connectivity index (χ2n) is 6.14. The summed E-state index contributed by atoms with van der Waals surface area (Å²) in [6.45, 7) is 4.00. The van der Waals surface area contributed by atoms with Gasteiger partial charge in [-0.1, -0.05) is 6.42 Å². The van der Waals surface area contributed by atoms with Crippen LogP contribution in [0.25, 0.3) is 0 Å². The standard InChI is InChI=1S/C15H21N3O/c1-9-7-17-14(8-16-9)15(19)18-10(2)13-6-11-3-4-12(13)5-11/h7-8,10-13H,3-6H2,1-2H3,(H,18,19)/t10-,11-,12+,13-/m1/s1. The van der Waals surface area contributed by atoms with Crippen molar-refractivity contribution in [3.05, 3.63) is 23.8 Å². The van der Waals surface area contributed by atoms with Gasteiger partial charge in [-0.2, -0.15) is 0 Å². The van der Waals surface area contributed by atoms with Crippen molar-refractivity contribution in [1.82, 2.24) is 15.3 Å². The normalized spacial score (nSPS) is 30.3. The molecule has 2 fully saturated rings. The van der Waals surface area contributed by atoms with E-state index in [0.717, 1.165) is 17.5 Å². The average Bonchev–Trinajstić information content (AvgIpc) is 3.01. The molecule has 4 heteroatoms. The number of carbonyl (C=O) groups is 1. The minimum absolute atomic E-state index is 0.0947. The van der Waals surface area contributed by atoms with Crippen LogP contribution in [-0.4, -0.2) is 21.9 Å². The van der Waals surface area contributed by atoms with Crippen LogP contribution >= 0.6 is 0 Å². The molecule has 0 unspecified atom stereocenters.